The molecule has 0 saturated heterocycles. The first-order valence-electron chi connectivity index (χ1n) is 8.26. The summed E-state index contributed by atoms with van der Waals surface area (Å²) in [6.45, 7) is 4.71. The molecule has 1 unspecified atom stereocenters. The molecule has 4 heteroatoms. The summed E-state index contributed by atoms with van der Waals surface area (Å²) in [7, 11) is 0. The van der Waals surface area contributed by atoms with Crippen molar-refractivity contribution in [3.63, 3.8) is 0 Å². The van der Waals surface area contributed by atoms with Gasteiger partial charge in [-0.15, -0.1) is 0 Å². The van der Waals surface area contributed by atoms with Crippen LogP contribution in [0.2, 0.25) is 0 Å². The highest BCUT2D eigenvalue weighted by atomic mass is 16.5. The van der Waals surface area contributed by atoms with Crippen LogP contribution in [0.5, 0.6) is 5.75 Å². The molecule has 118 valence electrons. The van der Waals surface area contributed by atoms with Crippen LogP contribution in [-0.4, -0.2) is 30.5 Å². The topological polar surface area (TPSA) is 46.5 Å². The number of hydrogen-bond acceptors (Lipinski definition) is 4. The highest BCUT2D eigenvalue weighted by Gasteiger charge is 2.27. The molecule has 0 bridgehead atoms. The molecule has 3 heterocycles. The van der Waals surface area contributed by atoms with Crippen molar-refractivity contribution in [1.82, 2.24) is 10.3 Å². The van der Waals surface area contributed by atoms with E-state index >= 15 is 0 Å². The fourth-order valence-corrected chi connectivity index (χ4v) is 3.51. The maximum absolute atomic E-state index is 5.95. The number of aryl methyl sites for hydroxylation is 1. The zero-order valence-electron chi connectivity index (χ0n) is 13.4. The maximum atomic E-state index is 5.95. The first kappa shape index (κ1) is 14.2. The summed E-state index contributed by atoms with van der Waals surface area (Å²) in [6, 6.07) is 10.6. The molecular formula is C19H21N3O. The van der Waals surface area contributed by atoms with Gasteiger partial charge in [0.25, 0.3) is 0 Å². The first-order chi connectivity index (χ1) is 11.3. The lowest BCUT2D eigenvalue weighted by Crippen LogP contribution is -2.22. The van der Waals surface area contributed by atoms with Crippen molar-refractivity contribution in [3.8, 4) is 5.75 Å². The van der Waals surface area contributed by atoms with Crippen LogP contribution in [0.4, 0.5) is 0 Å². The monoisotopic (exact) mass is 307 g/mol. The molecule has 0 saturated carbocycles. The van der Waals surface area contributed by atoms with Gasteiger partial charge in [0, 0.05) is 37.1 Å². The van der Waals surface area contributed by atoms with Crippen molar-refractivity contribution in [2.24, 2.45) is 4.99 Å². The Kier molecular flexibility index (Phi) is 3.74. The minimum atomic E-state index is 0.175. The van der Waals surface area contributed by atoms with Crippen molar-refractivity contribution in [2.45, 2.75) is 25.7 Å². The molecular weight excluding hydrogens is 286 g/mol. The molecule has 1 atom stereocenters. The molecule has 1 aromatic carbocycles. The fraction of sp³-hybridized carbons (Fsp3) is 0.368. The zero-order valence-corrected chi connectivity index (χ0v) is 13.4. The average molecular weight is 307 g/mol. The largest absolute Gasteiger partial charge is 0.493 e. The predicted octanol–water partition coefficient (Wildman–Crippen LogP) is 2.85. The van der Waals surface area contributed by atoms with Gasteiger partial charge in [-0.2, -0.15) is 0 Å². The lowest BCUT2D eigenvalue weighted by molar-refractivity contribution is 0.352. The maximum Gasteiger partial charge on any atom is 0.126 e. The molecule has 2 aliphatic rings. The molecule has 23 heavy (non-hydrogen) atoms. The van der Waals surface area contributed by atoms with Crippen LogP contribution in [0.3, 0.4) is 0 Å². The Labute approximate surface area is 136 Å². The normalized spacial score (nSPS) is 17.2. The Morgan fingerprint density at radius 1 is 1.26 bits per heavy atom. The van der Waals surface area contributed by atoms with E-state index < -0.39 is 0 Å². The molecule has 2 aliphatic heterocycles. The van der Waals surface area contributed by atoms with Gasteiger partial charge in [0.15, 0.2) is 0 Å². The lowest BCUT2D eigenvalue weighted by Gasteiger charge is -2.21. The van der Waals surface area contributed by atoms with Crippen molar-refractivity contribution < 1.29 is 4.74 Å². The van der Waals surface area contributed by atoms with Gasteiger partial charge in [-0.25, -0.2) is 0 Å². The van der Waals surface area contributed by atoms with Crippen molar-refractivity contribution >= 4 is 5.84 Å². The number of amidine groups is 1. The number of nitrogens with zero attached hydrogens (tertiary/aromatic N) is 2. The van der Waals surface area contributed by atoms with Crippen LogP contribution in [0.1, 0.15) is 34.7 Å². The third-order valence-electron chi connectivity index (χ3n) is 4.64. The van der Waals surface area contributed by atoms with Gasteiger partial charge in [0.05, 0.1) is 24.7 Å². The van der Waals surface area contributed by atoms with Crippen LogP contribution >= 0.6 is 0 Å². The Balaban J connectivity index is 1.79. The molecule has 0 aliphatic carbocycles. The SMILES string of the molecule is Cc1cccnc1C(CC1=NCCN1)c1cccc2c1OCC2. The second kappa shape index (κ2) is 6.03. The highest BCUT2D eigenvalue weighted by molar-refractivity contribution is 5.85. The Morgan fingerprint density at radius 3 is 3.04 bits per heavy atom. The minimum Gasteiger partial charge on any atom is -0.493 e. The Hall–Kier alpha value is -2.36. The molecule has 1 aromatic heterocycles. The number of aliphatic imine (C=N–C) groups is 1. The van der Waals surface area contributed by atoms with E-state index in [0.29, 0.717) is 0 Å². The molecule has 1 N–H and O–H groups in total. The second-order valence-electron chi connectivity index (χ2n) is 6.15. The number of fused-ring (bicyclic) bond motifs is 1. The number of hydrogen-bond donors (Lipinski definition) is 1. The van der Waals surface area contributed by atoms with E-state index in [2.05, 4.69) is 46.5 Å². The van der Waals surface area contributed by atoms with Crippen molar-refractivity contribution in [3.05, 3.63) is 58.9 Å². The molecule has 0 spiro atoms. The van der Waals surface area contributed by atoms with Gasteiger partial charge >= 0.3 is 0 Å². The average Bonchev–Trinajstić information content (AvgIpc) is 3.24. The van der Waals surface area contributed by atoms with Gasteiger partial charge in [0.2, 0.25) is 0 Å². The number of benzene rings is 1. The van der Waals surface area contributed by atoms with Crippen LogP contribution < -0.4 is 10.1 Å². The number of ether oxygens (including phenoxy) is 1. The smallest absolute Gasteiger partial charge is 0.126 e. The number of para-hydroxylation sites is 1. The number of aromatic nitrogens is 1. The molecule has 0 fully saturated rings. The van der Waals surface area contributed by atoms with Crippen LogP contribution in [0.15, 0.2) is 41.5 Å². The number of rotatable bonds is 4. The summed E-state index contributed by atoms with van der Waals surface area (Å²) in [6.07, 6.45) is 3.72. The van der Waals surface area contributed by atoms with Gasteiger partial charge in [-0.05, 0) is 24.1 Å². The summed E-state index contributed by atoms with van der Waals surface area (Å²) in [5, 5.41) is 3.40. The van der Waals surface area contributed by atoms with Crippen molar-refractivity contribution in [2.75, 3.05) is 19.7 Å². The summed E-state index contributed by atoms with van der Waals surface area (Å²) < 4.78 is 5.95. The molecule has 4 rings (SSSR count). The van der Waals surface area contributed by atoms with E-state index in [1.165, 1.54) is 16.7 Å². The summed E-state index contributed by atoms with van der Waals surface area (Å²) in [5.74, 6) is 2.31. The van der Waals surface area contributed by atoms with E-state index in [1.54, 1.807) is 0 Å². The Bertz CT molecular complexity index is 754. The first-order valence-corrected chi connectivity index (χ1v) is 8.26. The zero-order chi connectivity index (χ0) is 15.6. The number of nitrogens with one attached hydrogen (secondary N) is 1. The minimum absolute atomic E-state index is 0.175. The van der Waals surface area contributed by atoms with E-state index in [1.807, 2.05) is 12.3 Å². The quantitative estimate of drug-likeness (QED) is 0.945. The van der Waals surface area contributed by atoms with Crippen LogP contribution in [-0.2, 0) is 6.42 Å². The molecule has 2 aromatic rings. The van der Waals surface area contributed by atoms with Gasteiger partial charge in [0.1, 0.15) is 5.75 Å². The highest BCUT2D eigenvalue weighted by Crippen LogP contribution is 2.39. The van der Waals surface area contributed by atoms with Crippen molar-refractivity contribution in [1.29, 1.82) is 0 Å². The predicted molar refractivity (Wildman–Crippen MR) is 91.4 cm³/mol. The third-order valence-corrected chi connectivity index (χ3v) is 4.64. The molecule has 0 amide bonds. The lowest BCUT2D eigenvalue weighted by atomic mass is 9.87. The van der Waals surface area contributed by atoms with Crippen LogP contribution in [0, 0.1) is 6.92 Å². The summed E-state index contributed by atoms with van der Waals surface area (Å²) >= 11 is 0. The van der Waals surface area contributed by atoms with E-state index in [-0.39, 0.29) is 5.92 Å². The third kappa shape index (κ3) is 2.69. The van der Waals surface area contributed by atoms with Gasteiger partial charge < -0.3 is 10.1 Å². The van der Waals surface area contributed by atoms with Gasteiger partial charge in [-0.1, -0.05) is 24.3 Å². The van der Waals surface area contributed by atoms with E-state index in [4.69, 9.17) is 4.74 Å². The standard InChI is InChI=1S/C19H21N3O/c1-13-4-3-8-22-18(13)16(12-17-20-9-10-21-17)15-6-2-5-14-7-11-23-19(14)15/h2-6,8,16H,7,9-12H2,1H3,(H,20,21). The van der Waals surface area contributed by atoms with Gasteiger partial charge in [-0.3, -0.25) is 9.98 Å². The summed E-state index contributed by atoms with van der Waals surface area (Å²) in [4.78, 5) is 9.27. The molecule has 4 nitrogen and oxygen atoms in total. The van der Waals surface area contributed by atoms with E-state index in [9.17, 15) is 0 Å². The Morgan fingerprint density at radius 2 is 2.22 bits per heavy atom. The fourth-order valence-electron chi connectivity index (χ4n) is 3.51. The summed E-state index contributed by atoms with van der Waals surface area (Å²) in [5.41, 5.74) is 4.88. The van der Waals surface area contributed by atoms with E-state index in [0.717, 1.165) is 49.8 Å². The number of pyridine rings is 1. The van der Waals surface area contributed by atoms with Crippen LogP contribution in [0.25, 0.3) is 0 Å². The molecule has 0 radical (unpaired) electrons. The second-order valence-corrected chi connectivity index (χ2v) is 6.15.